The van der Waals surface area contributed by atoms with Gasteiger partial charge in [0.25, 0.3) is 0 Å². The number of hydrogen-bond donors (Lipinski definition) is 0. The number of aromatic nitrogens is 2. The van der Waals surface area contributed by atoms with E-state index in [2.05, 4.69) is 47.6 Å². The smallest absolute Gasteiger partial charge is 0.0785 e. The largest absolute Gasteiger partial charge is 0.267 e. The predicted molar refractivity (Wildman–Crippen MR) is 70.3 cm³/mol. The Hall–Kier alpha value is -1.80. The maximum absolute atomic E-state index is 5.86. The van der Waals surface area contributed by atoms with Crippen molar-refractivity contribution in [2.75, 3.05) is 0 Å². The summed E-state index contributed by atoms with van der Waals surface area (Å²) in [5.74, 6) is 0. The molecule has 0 saturated carbocycles. The SMILES string of the molecule is Clc1cnn(Cc2cccc3ccccc23)c1. The second kappa shape index (κ2) is 4.22. The molecule has 1 aromatic heterocycles. The average molecular weight is 243 g/mol. The van der Waals surface area contributed by atoms with Crippen molar-refractivity contribution < 1.29 is 0 Å². The number of fused-ring (bicyclic) bond motifs is 1. The molecule has 2 aromatic carbocycles. The van der Waals surface area contributed by atoms with Crippen molar-refractivity contribution in [1.29, 1.82) is 0 Å². The Morgan fingerprint density at radius 1 is 1.06 bits per heavy atom. The van der Waals surface area contributed by atoms with Gasteiger partial charge in [0.05, 0.1) is 17.8 Å². The Labute approximate surface area is 104 Å². The molecule has 0 radical (unpaired) electrons. The fourth-order valence-electron chi connectivity index (χ4n) is 2.03. The lowest BCUT2D eigenvalue weighted by Crippen LogP contribution is -2.00. The first-order valence-corrected chi connectivity index (χ1v) is 5.85. The van der Waals surface area contributed by atoms with Gasteiger partial charge in [-0.2, -0.15) is 5.10 Å². The molecular formula is C14H11ClN2. The standard InChI is InChI=1S/C14H11ClN2/c15-13-8-16-17(10-13)9-12-6-3-5-11-4-1-2-7-14(11)12/h1-8,10H,9H2. The van der Waals surface area contributed by atoms with Crippen molar-refractivity contribution in [2.45, 2.75) is 6.54 Å². The van der Waals surface area contributed by atoms with E-state index in [0.29, 0.717) is 5.02 Å². The molecule has 0 fully saturated rings. The van der Waals surface area contributed by atoms with Crippen LogP contribution in [-0.4, -0.2) is 9.78 Å². The van der Waals surface area contributed by atoms with Crippen molar-refractivity contribution in [2.24, 2.45) is 0 Å². The highest BCUT2D eigenvalue weighted by Gasteiger charge is 2.02. The van der Waals surface area contributed by atoms with Gasteiger partial charge in [-0.25, -0.2) is 0 Å². The fraction of sp³-hybridized carbons (Fsp3) is 0.0714. The molecule has 0 N–H and O–H groups in total. The third kappa shape index (κ3) is 2.04. The zero-order valence-corrected chi connectivity index (χ0v) is 9.93. The maximum Gasteiger partial charge on any atom is 0.0785 e. The lowest BCUT2D eigenvalue weighted by molar-refractivity contribution is 0.690. The highest BCUT2D eigenvalue weighted by Crippen LogP contribution is 2.19. The van der Waals surface area contributed by atoms with Crippen LogP contribution in [0.15, 0.2) is 54.9 Å². The van der Waals surface area contributed by atoms with Crippen LogP contribution in [0.2, 0.25) is 5.02 Å². The van der Waals surface area contributed by atoms with Gasteiger partial charge in [-0.1, -0.05) is 54.1 Å². The molecule has 3 rings (SSSR count). The van der Waals surface area contributed by atoms with E-state index in [0.717, 1.165) is 6.54 Å². The highest BCUT2D eigenvalue weighted by molar-refractivity contribution is 6.30. The van der Waals surface area contributed by atoms with Crippen LogP contribution in [0.4, 0.5) is 0 Å². The summed E-state index contributed by atoms with van der Waals surface area (Å²) >= 11 is 5.86. The first kappa shape index (κ1) is 10.4. The Kier molecular flexibility index (Phi) is 2.57. The van der Waals surface area contributed by atoms with E-state index in [1.165, 1.54) is 16.3 Å². The molecule has 2 nitrogen and oxygen atoms in total. The molecule has 0 aliphatic rings. The van der Waals surface area contributed by atoms with Crippen molar-refractivity contribution in [3.63, 3.8) is 0 Å². The number of rotatable bonds is 2. The summed E-state index contributed by atoms with van der Waals surface area (Å²) in [6.07, 6.45) is 3.50. The Balaban J connectivity index is 2.05. The number of nitrogens with zero attached hydrogens (tertiary/aromatic N) is 2. The lowest BCUT2D eigenvalue weighted by Gasteiger charge is -2.06. The third-order valence-corrected chi connectivity index (χ3v) is 3.01. The second-order valence-electron chi connectivity index (χ2n) is 3.99. The van der Waals surface area contributed by atoms with Gasteiger partial charge in [0.1, 0.15) is 0 Å². The van der Waals surface area contributed by atoms with Crippen molar-refractivity contribution in [1.82, 2.24) is 9.78 Å². The summed E-state index contributed by atoms with van der Waals surface area (Å²) in [5.41, 5.74) is 1.25. The van der Waals surface area contributed by atoms with Crippen LogP contribution < -0.4 is 0 Å². The predicted octanol–water partition coefficient (Wildman–Crippen LogP) is 3.74. The quantitative estimate of drug-likeness (QED) is 0.669. The molecule has 1 heterocycles. The molecule has 17 heavy (non-hydrogen) atoms. The molecule has 0 bridgehead atoms. The van der Waals surface area contributed by atoms with E-state index in [-0.39, 0.29) is 0 Å². The molecule has 0 aliphatic carbocycles. The molecular weight excluding hydrogens is 232 g/mol. The van der Waals surface area contributed by atoms with Gasteiger partial charge in [-0.05, 0) is 16.3 Å². The van der Waals surface area contributed by atoms with Crippen molar-refractivity contribution in [3.05, 3.63) is 65.4 Å². The summed E-state index contributed by atoms with van der Waals surface area (Å²) in [6, 6.07) is 14.7. The summed E-state index contributed by atoms with van der Waals surface area (Å²) in [4.78, 5) is 0. The van der Waals surface area contributed by atoms with Gasteiger partial charge in [-0.15, -0.1) is 0 Å². The first-order valence-electron chi connectivity index (χ1n) is 5.47. The monoisotopic (exact) mass is 242 g/mol. The average Bonchev–Trinajstić information content (AvgIpc) is 2.75. The molecule has 0 saturated heterocycles. The van der Waals surface area contributed by atoms with E-state index in [1.807, 2.05) is 10.9 Å². The van der Waals surface area contributed by atoms with E-state index in [9.17, 15) is 0 Å². The summed E-state index contributed by atoms with van der Waals surface area (Å²) < 4.78 is 1.85. The third-order valence-electron chi connectivity index (χ3n) is 2.81. The minimum absolute atomic E-state index is 0.672. The number of hydrogen-bond acceptors (Lipinski definition) is 1. The molecule has 84 valence electrons. The van der Waals surface area contributed by atoms with Gasteiger partial charge in [0, 0.05) is 6.20 Å². The second-order valence-corrected chi connectivity index (χ2v) is 4.43. The first-order chi connectivity index (χ1) is 8.33. The van der Waals surface area contributed by atoms with Gasteiger partial charge >= 0.3 is 0 Å². The van der Waals surface area contributed by atoms with E-state index < -0.39 is 0 Å². The maximum atomic E-state index is 5.86. The highest BCUT2D eigenvalue weighted by atomic mass is 35.5. The summed E-state index contributed by atoms with van der Waals surface area (Å²) in [5, 5.41) is 7.39. The minimum Gasteiger partial charge on any atom is -0.267 e. The van der Waals surface area contributed by atoms with Gasteiger partial charge in [-0.3, -0.25) is 4.68 Å². The van der Waals surface area contributed by atoms with Gasteiger partial charge in [0.15, 0.2) is 0 Å². The molecule has 3 aromatic rings. The Bertz CT molecular complexity index is 653. The fourth-order valence-corrected chi connectivity index (χ4v) is 2.19. The Morgan fingerprint density at radius 3 is 2.71 bits per heavy atom. The normalized spacial score (nSPS) is 10.9. The molecule has 0 spiro atoms. The zero-order chi connectivity index (χ0) is 11.7. The topological polar surface area (TPSA) is 17.8 Å². The number of halogens is 1. The van der Waals surface area contributed by atoms with Crippen molar-refractivity contribution >= 4 is 22.4 Å². The van der Waals surface area contributed by atoms with Crippen LogP contribution in [0, 0.1) is 0 Å². The van der Waals surface area contributed by atoms with E-state index in [4.69, 9.17) is 11.6 Å². The zero-order valence-electron chi connectivity index (χ0n) is 9.18. The van der Waals surface area contributed by atoms with Crippen LogP contribution >= 0.6 is 11.6 Å². The molecule has 0 atom stereocenters. The van der Waals surface area contributed by atoms with E-state index >= 15 is 0 Å². The van der Waals surface area contributed by atoms with Gasteiger partial charge < -0.3 is 0 Å². The summed E-state index contributed by atoms with van der Waals surface area (Å²) in [7, 11) is 0. The molecule has 3 heteroatoms. The Morgan fingerprint density at radius 2 is 1.88 bits per heavy atom. The van der Waals surface area contributed by atoms with Gasteiger partial charge in [0.2, 0.25) is 0 Å². The summed E-state index contributed by atoms with van der Waals surface area (Å²) in [6.45, 7) is 0.744. The van der Waals surface area contributed by atoms with Crippen LogP contribution in [-0.2, 0) is 6.54 Å². The van der Waals surface area contributed by atoms with Crippen LogP contribution in [0.5, 0.6) is 0 Å². The van der Waals surface area contributed by atoms with Crippen LogP contribution in [0.1, 0.15) is 5.56 Å². The molecule has 0 amide bonds. The van der Waals surface area contributed by atoms with Crippen LogP contribution in [0.25, 0.3) is 10.8 Å². The van der Waals surface area contributed by atoms with Crippen LogP contribution in [0.3, 0.4) is 0 Å². The lowest BCUT2D eigenvalue weighted by atomic mass is 10.0. The van der Waals surface area contributed by atoms with E-state index in [1.54, 1.807) is 6.20 Å². The minimum atomic E-state index is 0.672. The van der Waals surface area contributed by atoms with Crippen molar-refractivity contribution in [3.8, 4) is 0 Å². The molecule has 0 unspecified atom stereocenters. The number of benzene rings is 2. The molecule has 0 aliphatic heterocycles.